The normalized spacial score (nSPS) is 11.9. The van der Waals surface area contributed by atoms with Crippen LogP contribution >= 0.6 is 11.6 Å². The predicted octanol–water partition coefficient (Wildman–Crippen LogP) is 1.85. The largest absolute Gasteiger partial charge is 0.278 e. The Morgan fingerprint density at radius 3 is 2.80 bits per heavy atom. The minimum atomic E-state index is -3.27. The summed E-state index contributed by atoms with van der Waals surface area (Å²) < 4.78 is 24.9. The van der Waals surface area contributed by atoms with Crippen molar-refractivity contribution in [1.82, 2.24) is 19.6 Å². The molecule has 0 N–H and O–H groups in total. The highest BCUT2D eigenvalue weighted by Crippen LogP contribution is 2.23. The summed E-state index contributed by atoms with van der Waals surface area (Å²) in [5, 5.41) is 8.24. The number of hydrogen-bond acceptors (Lipinski definition) is 5. The van der Waals surface area contributed by atoms with Crippen LogP contribution in [0.1, 0.15) is 0 Å². The summed E-state index contributed by atoms with van der Waals surface area (Å²) in [6, 6.07) is 6.52. The zero-order valence-corrected chi connectivity index (χ0v) is 11.9. The van der Waals surface area contributed by atoms with Crippen LogP contribution in [0, 0.1) is 0 Å². The molecule has 0 radical (unpaired) electrons. The van der Waals surface area contributed by atoms with Gasteiger partial charge in [0.1, 0.15) is 0 Å². The van der Waals surface area contributed by atoms with Crippen LogP contribution in [0.15, 0.2) is 41.6 Å². The van der Waals surface area contributed by atoms with Crippen molar-refractivity contribution in [3.63, 3.8) is 0 Å². The SMILES string of the molecule is CS(=O)(=O)c1cccc(-c2nnc3c(Cl)nccn23)c1. The summed E-state index contributed by atoms with van der Waals surface area (Å²) in [7, 11) is -3.27. The number of nitrogens with zero attached hydrogens (tertiary/aromatic N) is 4. The van der Waals surface area contributed by atoms with E-state index in [0.717, 1.165) is 6.26 Å². The molecule has 0 amide bonds. The Hall–Kier alpha value is -1.99. The van der Waals surface area contributed by atoms with Crippen LogP contribution in [0.25, 0.3) is 17.0 Å². The molecule has 0 spiro atoms. The molecule has 0 saturated heterocycles. The van der Waals surface area contributed by atoms with Crippen LogP contribution in [0.5, 0.6) is 0 Å². The molecular formula is C12H9ClN4O2S. The molecule has 0 fully saturated rings. The number of aromatic nitrogens is 4. The van der Waals surface area contributed by atoms with Crippen molar-refractivity contribution < 1.29 is 8.42 Å². The Kier molecular flexibility index (Phi) is 2.95. The van der Waals surface area contributed by atoms with E-state index in [4.69, 9.17) is 11.6 Å². The van der Waals surface area contributed by atoms with E-state index in [1.165, 1.54) is 12.3 Å². The van der Waals surface area contributed by atoms with Crippen LogP contribution in [0.4, 0.5) is 0 Å². The third-order valence-electron chi connectivity index (χ3n) is 2.80. The van der Waals surface area contributed by atoms with Crippen molar-refractivity contribution in [2.45, 2.75) is 4.90 Å². The molecule has 0 unspecified atom stereocenters. The Morgan fingerprint density at radius 1 is 1.25 bits per heavy atom. The molecule has 6 nitrogen and oxygen atoms in total. The maximum atomic E-state index is 11.6. The molecule has 8 heteroatoms. The van der Waals surface area contributed by atoms with Crippen molar-refractivity contribution in [2.24, 2.45) is 0 Å². The second-order valence-electron chi connectivity index (χ2n) is 4.24. The van der Waals surface area contributed by atoms with Crippen LogP contribution in [0.3, 0.4) is 0 Å². The lowest BCUT2D eigenvalue weighted by Crippen LogP contribution is -1.98. The minimum absolute atomic E-state index is 0.229. The number of sulfone groups is 1. The van der Waals surface area contributed by atoms with Crippen molar-refractivity contribution in [2.75, 3.05) is 6.26 Å². The third kappa shape index (κ3) is 2.14. The van der Waals surface area contributed by atoms with Gasteiger partial charge in [-0.1, -0.05) is 23.7 Å². The Bertz CT molecular complexity index is 905. The molecule has 20 heavy (non-hydrogen) atoms. The molecular weight excluding hydrogens is 300 g/mol. The molecule has 2 aromatic heterocycles. The zero-order chi connectivity index (χ0) is 14.3. The average Bonchev–Trinajstić information content (AvgIpc) is 2.83. The molecule has 3 aromatic rings. The van der Waals surface area contributed by atoms with Gasteiger partial charge >= 0.3 is 0 Å². The number of halogens is 1. The van der Waals surface area contributed by atoms with Crippen LogP contribution in [-0.4, -0.2) is 34.3 Å². The van der Waals surface area contributed by atoms with Gasteiger partial charge in [0.25, 0.3) is 0 Å². The second-order valence-corrected chi connectivity index (χ2v) is 6.61. The first-order chi connectivity index (χ1) is 9.47. The van der Waals surface area contributed by atoms with E-state index >= 15 is 0 Å². The first-order valence-electron chi connectivity index (χ1n) is 5.62. The average molecular weight is 309 g/mol. The number of fused-ring (bicyclic) bond motifs is 1. The third-order valence-corrected chi connectivity index (χ3v) is 4.18. The van der Waals surface area contributed by atoms with E-state index in [1.807, 2.05) is 0 Å². The fourth-order valence-electron chi connectivity index (χ4n) is 1.86. The Morgan fingerprint density at radius 2 is 2.05 bits per heavy atom. The molecule has 1 aromatic carbocycles. The molecule has 0 bridgehead atoms. The van der Waals surface area contributed by atoms with Gasteiger partial charge in [0.05, 0.1) is 4.90 Å². The summed E-state index contributed by atoms with van der Waals surface area (Å²) in [6.45, 7) is 0. The van der Waals surface area contributed by atoms with Crippen LogP contribution in [0.2, 0.25) is 5.15 Å². The first-order valence-corrected chi connectivity index (χ1v) is 7.89. The molecule has 3 rings (SSSR count). The van der Waals surface area contributed by atoms with E-state index in [1.54, 1.807) is 28.8 Å². The van der Waals surface area contributed by atoms with Crippen molar-refractivity contribution in [3.8, 4) is 11.4 Å². The van der Waals surface area contributed by atoms with Crippen molar-refractivity contribution in [1.29, 1.82) is 0 Å². The summed E-state index contributed by atoms with van der Waals surface area (Å²) in [4.78, 5) is 4.15. The monoisotopic (exact) mass is 308 g/mol. The molecule has 0 aliphatic carbocycles. The number of hydrogen-bond donors (Lipinski definition) is 0. The molecule has 0 aliphatic rings. The van der Waals surface area contributed by atoms with Gasteiger partial charge in [-0.3, -0.25) is 4.40 Å². The van der Waals surface area contributed by atoms with E-state index in [-0.39, 0.29) is 10.0 Å². The fourth-order valence-corrected chi connectivity index (χ4v) is 2.71. The molecule has 0 aliphatic heterocycles. The Labute approximate surface area is 120 Å². The standard InChI is InChI=1S/C12H9ClN4O2S/c1-20(18,19)9-4-2-3-8(7-9)11-15-16-12-10(13)14-5-6-17(11)12/h2-7H,1H3. The van der Waals surface area contributed by atoms with E-state index in [9.17, 15) is 8.42 Å². The van der Waals surface area contributed by atoms with Gasteiger partial charge in [-0.05, 0) is 12.1 Å². The summed E-state index contributed by atoms with van der Waals surface area (Å²) in [5.41, 5.74) is 1.07. The molecule has 102 valence electrons. The zero-order valence-electron chi connectivity index (χ0n) is 10.4. The number of benzene rings is 1. The molecule has 0 atom stereocenters. The van der Waals surface area contributed by atoms with Crippen molar-refractivity contribution >= 4 is 27.1 Å². The predicted molar refractivity (Wildman–Crippen MR) is 74.3 cm³/mol. The summed E-state index contributed by atoms with van der Waals surface area (Å²) in [5.74, 6) is 0.509. The Balaban J connectivity index is 2.24. The van der Waals surface area contributed by atoms with E-state index in [2.05, 4.69) is 15.2 Å². The van der Waals surface area contributed by atoms with Gasteiger partial charge in [0.2, 0.25) is 0 Å². The summed E-state index contributed by atoms with van der Waals surface area (Å²) >= 11 is 5.93. The van der Waals surface area contributed by atoms with E-state index < -0.39 is 9.84 Å². The van der Waals surface area contributed by atoms with Gasteiger partial charge in [0.15, 0.2) is 26.5 Å². The topological polar surface area (TPSA) is 77.2 Å². The fraction of sp³-hybridized carbons (Fsp3) is 0.0833. The van der Waals surface area contributed by atoms with Gasteiger partial charge in [-0.15, -0.1) is 10.2 Å². The maximum absolute atomic E-state index is 11.6. The lowest BCUT2D eigenvalue weighted by molar-refractivity contribution is 0.602. The lowest BCUT2D eigenvalue weighted by atomic mass is 10.2. The van der Waals surface area contributed by atoms with Gasteiger partial charge in [0, 0.05) is 24.2 Å². The van der Waals surface area contributed by atoms with Crippen LogP contribution in [-0.2, 0) is 9.84 Å². The van der Waals surface area contributed by atoms with E-state index in [0.29, 0.717) is 17.0 Å². The van der Waals surface area contributed by atoms with Crippen molar-refractivity contribution in [3.05, 3.63) is 41.8 Å². The smallest absolute Gasteiger partial charge is 0.198 e. The van der Waals surface area contributed by atoms with Gasteiger partial charge in [-0.25, -0.2) is 13.4 Å². The highest BCUT2D eigenvalue weighted by Gasteiger charge is 2.13. The number of rotatable bonds is 2. The lowest BCUT2D eigenvalue weighted by Gasteiger charge is -2.03. The highest BCUT2D eigenvalue weighted by atomic mass is 35.5. The quantitative estimate of drug-likeness (QED) is 0.722. The van der Waals surface area contributed by atoms with Gasteiger partial charge < -0.3 is 0 Å². The second kappa shape index (κ2) is 4.53. The summed E-state index contributed by atoms with van der Waals surface area (Å²) in [6.07, 6.45) is 4.36. The minimum Gasteiger partial charge on any atom is -0.278 e. The van der Waals surface area contributed by atoms with Gasteiger partial charge in [-0.2, -0.15) is 0 Å². The molecule has 0 saturated carbocycles. The first kappa shape index (κ1) is 13.0. The van der Waals surface area contributed by atoms with Crippen LogP contribution < -0.4 is 0 Å². The molecule has 2 heterocycles. The maximum Gasteiger partial charge on any atom is 0.198 e. The highest BCUT2D eigenvalue weighted by molar-refractivity contribution is 7.90.